The molecule has 1 aromatic carbocycles. The Morgan fingerprint density at radius 2 is 2.10 bits per heavy atom. The topological polar surface area (TPSA) is 42.0 Å². The van der Waals surface area contributed by atoms with E-state index < -0.39 is 0 Å². The van der Waals surface area contributed by atoms with Crippen LogP contribution in [0.15, 0.2) is 24.3 Å². The van der Waals surface area contributed by atoms with Gasteiger partial charge < -0.3 is 19.3 Å². The number of hydrogen-bond donors (Lipinski definition) is 0. The number of benzene rings is 1. The Morgan fingerprint density at radius 3 is 2.75 bits per heavy atom. The molecular formula is C14H19FN2O3. The summed E-state index contributed by atoms with van der Waals surface area (Å²) < 4.78 is 23.1. The second kappa shape index (κ2) is 7.09. The molecule has 1 saturated heterocycles. The van der Waals surface area contributed by atoms with Gasteiger partial charge in [0.15, 0.2) is 0 Å². The molecular weight excluding hydrogens is 263 g/mol. The molecule has 1 aliphatic rings. The number of ether oxygens (including phenoxy) is 2. The number of likely N-dealkylation sites (N-methyl/N-ethyl adjacent to an activating group) is 1. The number of carbonyl (C=O) groups is 1. The lowest BCUT2D eigenvalue weighted by molar-refractivity contribution is 0.154. The van der Waals surface area contributed by atoms with Gasteiger partial charge in [-0.05, 0) is 31.3 Å². The molecule has 0 saturated carbocycles. The maximum absolute atomic E-state index is 12.7. The molecule has 0 aromatic heterocycles. The highest BCUT2D eigenvalue weighted by atomic mass is 19.1. The van der Waals surface area contributed by atoms with Crippen LogP contribution in [0.3, 0.4) is 0 Å². The molecule has 20 heavy (non-hydrogen) atoms. The van der Waals surface area contributed by atoms with E-state index in [4.69, 9.17) is 9.47 Å². The minimum absolute atomic E-state index is 0.235. The summed E-state index contributed by atoms with van der Waals surface area (Å²) >= 11 is 0. The maximum atomic E-state index is 12.7. The fraction of sp³-hybridized carbons (Fsp3) is 0.500. The van der Waals surface area contributed by atoms with Crippen LogP contribution in [0.2, 0.25) is 0 Å². The first-order chi connectivity index (χ1) is 9.65. The number of carbonyl (C=O) groups excluding carboxylic acids is 1. The van der Waals surface area contributed by atoms with E-state index in [-0.39, 0.29) is 11.9 Å². The average molecular weight is 282 g/mol. The van der Waals surface area contributed by atoms with Gasteiger partial charge in [0.1, 0.15) is 24.8 Å². The van der Waals surface area contributed by atoms with E-state index in [1.54, 1.807) is 17.0 Å². The van der Waals surface area contributed by atoms with Crippen molar-refractivity contribution in [2.75, 3.05) is 46.4 Å². The van der Waals surface area contributed by atoms with Gasteiger partial charge in [0.2, 0.25) is 0 Å². The van der Waals surface area contributed by atoms with Crippen LogP contribution in [0.5, 0.6) is 5.75 Å². The molecule has 110 valence electrons. The van der Waals surface area contributed by atoms with Gasteiger partial charge in [-0.1, -0.05) is 0 Å². The Morgan fingerprint density at radius 1 is 1.35 bits per heavy atom. The molecule has 0 spiro atoms. The molecule has 1 fully saturated rings. The lowest BCUT2D eigenvalue weighted by Gasteiger charge is -2.20. The SMILES string of the molecule is CN(CCOc1ccc(F)cc1)CCN1CCOC1=O. The number of cyclic esters (lactones) is 1. The summed E-state index contributed by atoms with van der Waals surface area (Å²) in [5, 5.41) is 0. The number of rotatable bonds is 7. The summed E-state index contributed by atoms with van der Waals surface area (Å²) in [6.07, 6.45) is -0.235. The van der Waals surface area contributed by atoms with E-state index >= 15 is 0 Å². The van der Waals surface area contributed by atoms with Crippen LogP contribution >= 0.6 is 0 Å². The first kappa shape index (κ1) is 14.6. The zero-order chi connectivity index (χ0) is 14.4. The molecule has 6 heteroatoms. The van der Waals surface area contributed by atoms with E-state index in [0.717, 1.165) is 13.1 Å². The van der Waals surface area contributed by atoms with E-state index in [2.05, 4.69) is 4.90 Å². The number of amides is 1. The van der Waals surface area contributed by atoms with Crippen LogP contribution in [-0.2, 0) is 4.74 Å². The smallest absolute Gasteiger partial charge is 0.409 e. The second-order valence-corrected chi connectivity index (χ2v) is 4.71. The normalized spacial score (nSPS) is 14.8. The predicted octanol–water partition coefficient (Wildman–Crippen LogP) is 1.59. The summed E-state index contributed by atoms with van der Waals surface area (Å²) in [4.78, 5) is 15.0. The van der Waals surface area contributed by atoms with Gasteiger partial charge in [-0.25, -0.2) is 9.18 Å². The van der Waals surface area contributed by atoms with Crippen molar-refractivity contribution in [1.82, 2.24) is 9.80 Å². The van der Waals surface area contributed by atoms with Crippen molar-refractivity contribution in [3.8, 4) is 5.75 Å². The second-order valence-electron chi connectivity index (χ2n) is 4.71. The first-order valence-corrected chi connectivity index (χ1v) is 6.64. The molecule has 1 heterocycles. The standard InChI is InChI=1S/C14H19FN2O3/c1-16(6-7-17-9-11-20-14(17)18)8-10-19-13-4-2-12(15)3-5-13/h2-5H,6-11H2,1H3. The van der Waals surface area contributed by atoms with Gasteiger partial charge in [-0.3, -0.25) is 0 Å². The Labute approximate surface area is 117 Å². The third-order valence-corrected chi connectivity index (χ3v) is 3.15. The minimum Gasteiger partial charge on any atom is -0.492 e. The molecule has 5 nitrogen and oxygen atoms in total. The molecule has 0 atom stereocenters. The molecule has 0 aliphatic carbocycles. The van der Waals surface area contributed by atoms with Gasteiger partial charge in [-0.2, -0.15) is 0 Å². The van der Waals surface area contributed by atoms with Crippen LogP contribution in [0.25, 0.3) is 0 Å². The summed E-state index contributed by atoms with van der Waals surface area (Å²) in [5.41, 5.74) is 0. The average Bonchev–Trinajstić information content (AvgIpc) is 2.84. The lowest BCUT2D eigenvalue weighted by Crippen LogP contribution is -2.35. The Balaban J connectivity index is 1.61. The van der Waals surface area contributed by atoms with Crippen molar-refractivity contribution in [2.45, 2.75) is 0 Å². The fourth-order valence-electron chi connectivity index (χ4n) is 1.88. The maximum Gasteiger partial charge on any atom is 0.409 e. The Hall–Kier alpha value is -1.82. The van der Waals surface area contributed by atoms with Crippen LogP contribution in [0.4, 0.5) is 9.18 Å². The van der Waals surface area contributed by atoms with Crippen molar-refractivity contribution < 1.29 is 18.7 Å². The molecule has 0 N–H and O–H groups in total. The fourth-order valence-corrected chi connectivity index (χ4v) is 1.88. The molecule has 1 aromatic rings. The highest BCUT2D eigenvalue weighted by molar-refractivity contribution is 5.69. The minimum atomic E-state index is -0.271. The summed E-state index contributed by atoms with van der Waals surface area (Å²) in [6, 6.07) is 5.96. The van der Waals surface area contributed by atoms with Gasteiger partial charge >= 0.3 is 6.09 Å². The largest absolute Gasteiger partial charge is 0.492 e. The van der Waals surface area contributed by atoms with Crippen molar-refractivity contribution in [1.29, 1.82) is 0 Å². The van der Waals surface area contributed by atoms with E-state index in [1.165, 1.54) is 12.1 Å². The number of nitrogens with zero attached hydrogens (tertiary/aromatic N) is 2. The molecule has 0 bridgehead atoms. The van der Waals surface area contributed by atoms with Gasteiger partial charge in [0.25, 0.3) is 0 Å². The lowest BCUT2D eigenvalue weighted by atomic mass is 10.3. The first-order valence-electron chi connectivity index (χ1n) is 6.64. The third-order valence-electron chi connectivity index (χ3n) is 3.15. The zero-order valence-electron chi connectivity index (χ0n) is 11.5. The van der Waals surface area contributed by atoms with Crippen molar-refractivity contribution in [2.24, 2.45) is 0 Å². The van der Waals surface area contributed by atoms with Crippen molar-refractivity contribution in [3.63, 3.8) is 0 Å². The third kappa shape index (κ3) is 4.38. The Kier molecular flexibility index (Phi) is 5.17. The monoisotopic (exact) mass is 282 g/mol. The molecule has 0 unspecified atom stereocenters. The molecule has 2 rings (SSSR count). The van der Waals surface area contributed by atoms with Crippen molar-refractivity contribution in [3.05, 3.63) is 30.1 Å². The van der Waals surface area contributed by atoms with Gasteiger partial charge in [0, 0.05) is 19.6 Å². The zero-order valence-corrected chi connectivity index (χ0v) is 11.5. The molecule has 1 amide bonds. The summed E-state index contributed by atoms with van der Waals surface area (Å²) in [5.74, 6) is 0.384. The molecule has 1 aliphatic heterocycles. The van der Waals surface area contributed by atoms with Crippen LogP contribution < -0.4 is 4.74 Å². The Bertz CT molecular complexity index is 439. The van der Waals surface area contributed by atoms with Crippen molar-refractivity contribution >= 4 is 6.09 Å². The summed E-state index contributed by atoms with van der Waals surface area (Å²) in [6.45, 7) is 3.83. The number of halogens is 1. The van der Waals surface area contributed by atoms with Crippen LogP contribution in [0, 0.1) is 5.82 Å². The quantitative estimate of drug-likeness (QED) is 0.761. The molecule has 0 radical (unpaired) electrons. The van der Waals surface area contributed by atoms with Crippen LogP contribution in [0.1, 0.15) is 0 Å². The highest BCUT2D eigenvalue weighted by Gasteiger charge is 2.21. The van der Waals surface area contributed by atoms with Gasteiger partial charge in [-0.15, -0.1) is 0 Å². The van der Waals surface area contributed by atoms with Crippen LogP contribution in [-0.4, -0.2) is 62.3 Å². The summed E-state index contributed by atoms with van der Waals surface area (Å²) in [7, 11) is 1.97. The van der Waals surface area contributed by atoms with Gasteiger partial charge in [0.05, 0.1) is 6.54 Å². The predicted molar refractivity (Wildman–Crippen MR) is 72.3 cm³/mol. The van der Waals surface area contributed by atoms with E-state index in [9.17, 15) is 9.18 Å². The van der Waals surface area contributed by atoms with E-state index in [1.807, 2.05) is 7.05 Å². The van der Waals surface area contributed by atoms with E-state index in [0.29, 0.717) is 32.1 Å². The number of hydrogen-bond acceptors (Lipinski definition) is 4. The highest BCUT2D eigenvalue weighted by Crippen LogP contribution is 2.10.